The summed E-state index contributed by atoms with van der Waals surface area (Å²) in [6, 6.07) is 6.67. The fraction of sp³-hybridized carbons (Fsp3) is 0.375. The first-order valence-corrected chi connectivity index (χ1v) is 9.51. The van der Waals surface area contributed by atoms with E-state index in [1.54, 1.807) is 36.8 Å². The minimum Gasteiger partial charge on any atom is -0.497 e. The largest absolute Gasteiger partial charge is 0.497 e. The second-order valence-electron chi connectivity index (χ2n) is 5.36. The number of rotatable bonds is 10. The molecule has 1 amide bonds. The summed E-state index contributed by atoms with van der Waals surface area (Å²) in [5.74, 6) is 0.0578. The van der Waals surface area contributed by atoms with Crippen LogP contribution in [0.2, 0.25) is 0 Å². The number of hydrogen-bond donors (Lipinski definition) is 2. The molecule has 1 aromatic carbocycles. The molecule has 0 saturated heterocycles. The molecule has 136 valence electrons. The van der Waals surface area contributed by atoms with Crippen molar-refractivity contribution in [1.29, 1.82) is 0 Å². The highest BCUT2D eigenvalue weighted by Crippen LogP contribution is 2.12. The van der Waals surface area contributed by atoms with E-state index in [0.717, 1.165) is 0 Å². The third-order valence-corrected chi connectivity index (χ3v) is 4.85. The van der Waals surface area contributed by atoms with Crippen molar-refractivity contribution in [3.8, 4) is 5.75 Å². The normalized spacial score (nSPS) is 11.2. The van der Waals surface area contributed by atoms with Gasteiger partial charge in [-0.15, -0.1) is 0 Å². The van der Waals surface area contributed by atoms with Crippen LogP contribution in [0.15, 0.2) is 43.0 Å². The predicted octanol–water partition coefficient (Wildman–Crippen LogP) is 0.631. The number of ether oxygens (including phenoxy) is 1. The molecule has 0 saturated carbocycles. The molecular formula is C16H22N4O4S. The molecule has 2 rings (SSSR count). The number of methoxy groups -OCH3 is 1. The van der Waals surface area contributed by atoms with E-state index in [9.17, 15) is 13.2 Å². The molecule has 0 aliphatic heterocycles. The lowest BCUT2D eigenvalue weighted by Crippen LogP contribution is -2.35. The van der Waals surface area contributed by atoms with E-state index in [1.165, 1.54) is 7.11 Å². The second kappa shape index (κ2) is 9.19. The maximum atomic E-state index is 12.0. The number of carbonyl (C=O) groups excluding carboxylic acids is 1. The zero-order chi connectivity index (χ0) is 18.1. The Labute approximate surface area is 147 Å². The van der Waals surface area contributed by atoms with Crippen molar-refractivity contribution in [2.75, 3.05) is 26.0 Å². The molecule has 1 aromatic heterocycles. The number of nitrogens with zero attached hydrogens (tertiary/aromatic N) is 2. The smallest absolute Gasteiger partial charge is 0.251 e. The van der Waals surface area contributed by atoms with E-state index < -0.39 is 10.0 Å². The zero-order valence-electron chi connectivity index (χ0n) is 14.0. The number of carbonyl (C=O) groups is 1. The van der Waals surface area contributed by atoms with Crippen molar-refractivity contribution in [3.05, 3.63) is 48.5 Å². The molecule has 8 nitrogen and oxygen atoms in total. The lowest BCUT2D eigenvalue weighted by Gasteiger charge is -2.09. The van der Waals surface area contributed by atoms with Crippen LogP contribution in [-0.2, 0) is 16.6 Å². The molecule has 0 bridgehead atoms. The Balaban J connectivity index is 1.69. The zero-order valence-corrected chi connectivity index (χ0v) is 14.8. The Morgan fingerprint density at radius 2 is 2.16 bits per heavy atom. The van der Waals surface area contributed by atoms with Crippen LogP contribution in [0.1, 0.15) is 16.8 Å². The van der Waals surface area contributed by atoms with Crippen LogP contribution in [0.4, 0.5) is 0 Å². The summed E-state index contributed by atoms with van der Waals surface area (Å²) in [6.45, 7) is 1.06. The monoisotopic (exact) mass is 366 g/mol. The fourth-order valence-corrected chi connectivity index (χ4v) is 3.12. The van der Waals surface area contributed by atoms with Crippen molar-refractivity contribution in [2.45, 2.75) is 13.0 Å². The number of sulfonamides is 1. The molecule has 0 atom stereocenters. The van der Waals surface area contributed by atoms with Gasteiger partial charge < -0.3 is 14.6 Å². The van der Waals surface area contributed by atoms with Gasteiger partial charge in [0.15, 0.2) is 0 Å². The van der Waals surface area contributed by atoms with Gasteiger partial charge >= 0.3 is 0 Å². The van der Waals surface area contributed by atoms with Crippen molar-refractivity contribution in [3.63, 3.8) is 0 Å². The van der Waals surface area contributed by atoms with E-state index in [-0.39, 0.29) is 18.2 Å². The molecule has 0 aliphatic carbocycles. The topological polar surface area (TPSA) is 102 Å². The van der Waals surface area contributed by atoms with Gasteiger partial charge in [-0.05, 0) is 24.6 Å². The summed E-state index contributed by atoms with van der Waals surface area (Å²) in [5.41, 5.74) is 0.421. The van der Waals surface area contributed by atoms with Crippen LogP contribution in [0.25, 0.3) is 0 Å². The summed E-state index contributed by atoms with van der Waals surface area (Å²) < 4.78 is 33.3. The third kappa shape index (κ3) is 6.55. The van der Waals surface area contributed by atoms with E-state index in [0.29, 0.717) is 30.8 Å². The molecule has 0 unspecified atom stereocenters. The minimum atomic E-state index is -3.43. The quantitative estimate of drug-likeness (QED) is 0.601. The molecule has 0 aliphatic rings. The average molecular weight is 366 g/mol. The van der Waals surface area contributed by atoms with Crippen LogP contribution in [0.5, 0.6) is 5.75 Å². The van der Waals surface area contributed by atoms with Crippen LogP contribution in [-0.4, -0.2) is 49.8 Å². The number of aromatic nitrogens is 2. The highest BCUT2D eigenvalue weighted by atomic mass is 32.2. The highest BCUT2D eigenvalue weighted by Gasteiger charge is 2.11. The van der Waals surface area contributed by atoms with Gasteiger partial charge in [-0.25, -0.2) is 18.1 Å². The Hall–Kier alpha value is -2.39. The van der Waals surface area contributed by atoms with Crippen LogP contribution >= 0.6 is 0 Å². The number of benzene rings is 1. The third-order valence-electron chi connectivity index (χ3n) is 3.46. The van der Waals surface area contributed by atoms with Gasteiger partial charge in [0.05, 0.1) is 19.2 Å². The van der Waals surface area contributed by atoms with Gasteiger partial charge in [0.2, 0.25) is 10.0 Å². The Bertz CT molecular complexity index is 775. The van der Waals surface area contributed by atoms with Gasteiger partial charge in [-0.1, -0.05) is 6.07 Å². The molecule has 1 heterocycles. The van der Waals surface area contributed by atoms with E-state index >= 15 is 0 Å². The number of aryl methyl sites for hydroxylation is 1. The minimum absolute atomic E-state index is 0.0346. The first kappa shape index (κ1) is 18.9. The average Bonchev–Trinajstić information content (AvgIpc) is 3.12. The SMILES string of the molecule is COc1cccc(C(=O)NCCS(=O)(=O)NCCCn2ccnc2)c1. The number of amides is 1. The lowest BCUT2D eigenvalue weighted by molar-refractivity contribution is 0.0956. The van der Waals surface area contributed by atoms with Crippen molar-refractivity contribution >= 4 is 15.9 Å². The predicted molar refractivity (Wildman–Crippen MR) is 94.0 cm³/mol. The van der Waals surface area contributed by atoms with Crippen LogP contribution in [0, 0.1) is 0 Å². The molecule has 2 aromatic rings. The Kier molecular flexibility index (Phi) is 6.96. The highest BCUT2D eigenvalue weighted by molar-refractivity contribution is 7.89. The molecule has 0 fully saturated rings. The molecule has 0 spiro atoms. The summed E-state index contributed by atoms with van der Waals surface area (Å²) in [7, 11) is -1.91. The van der Waals surface area contributed by atoms with Gasteiger partial charge in [0.1, 0.15) is 5.75 Å². The van der Waals surface area contributed by atoms with Gasteiger partial charge in [-0.2, -0.15) is 0 Å². The molecule has 25 heavy (non-hydrogen) atoms. The first-order chi connectivity index (χ1) is 12.0. The second-order valence-corrected chi connectivity index (χ2v) is 7.28. The summed E-state index contributed by atoms with van der Waals surface area (Å²) in [6.07, 6.45) is 5.84. The van der Waals surface area contributed by atoms with Crippen LogP contribution in [0.3, 0.4) is 0 Å². The molecule has 9 heteroatoms. The molecule has 2 N–H and O–H groups in total. The van der Waals surface area contributed by atoms with Crippen LogP contribution < -0.4 is 14.8 Å². The Morgan fingerprint density at radius 1 is 1.32 bits per heavy atom. The van der Waals surface area contributed by atoms with Gasteiger partial charge in [0, 0.05) is 37.6 Å². The Morgan fingerprint density at radius 3 is 2.88 bits per heavy atom. The van der Waals surface area contributed by atoms with E-state index in [4.69, 9.17) is 4.74 Å². The lowest BCUT2D eigenvalue weighted by atomic mass is 10.2. The number of nitrogens with one attached hydrogen (secondary N) is 2. The first-order valence-electron chi connectivity index (χ1n) is 7.85. The summed E-state index contributed by atoms with van der Waals surface area (Å²) in [5, 5.41) is 2.59. The maximum absolute atomic E-state index is 12.0. The molecule has 0 radical (unpaired) electrons. The van der Waals surface area contributed by atoms with Crippen molar-refractivity contribution in [1.82, 2.24) is 19.6 Å². The van der Waals surface area contributed by atoms with E-state index in [2.05, 4.69) is 15.0 Å². The number of imidazole rings is 1. The molecular weight excluding hydrogens is 344 g/mol. The van der Waals surface area contributed by atoms with Crippen molar-refractivity contribution in [2.24, 2.45) is 0 Å². The maximum Gasteiger partial charge on any atom is 0.251 e. The number of hydrogen-bond acceptors (Lipinski definition) is 5. The van der Waals surface area contributed by atoms with Gasteiger partial charge in [-0.3, -0.25) is 4.79 Å². The fourth-order valence-electron chi connectivity index (χ4n) is 2.15. The summed E-state index contributed by atoms with van der Waals surface area (Å²) in [4.78, 5) is 15.9. The summed E-state index contributed by atoms with van der Waals surface area (Å²) >= 11 is 0. The van der Waals surface area contributed by atoms with E-state index in [1.807, 2.05) is 10.8 Å². The standard InChI is InChI=1S/C16H22N4O4S/c1-24-15-5-2-4-14(12-15)16(21)18-8-11-25(22,23)19-6-3-9-20-10-7-17-13-20/h2,4-5,7,10,12-13,19H,3,6,8-9,11H2,1H3,(H,18,21). The van der Waals surface area contributed by atoms with Crippen molar-refractivity contribution < 1.29 is 17.9 Å². The van der Waals surface area contributed by atoms with Gasteiger partial charge in [0.25, 0.3) is 5.91 Å².